The Kier molecular flexibility index (Phi) is 4.43. The minimum atomic E-state index is -1.52. The van der Waals surface area contributed by atoms with Gasteiger partial charge in [0.25, 0.3) is 0 Å². The zero-order chi connectivity index (χ0) is 15.6. The molecule has 0 aliphatic heterocycles. The monoisotopic (exact) mass is 311 g/mol. The number of anilines is 1. The van der Waals surface area contributed by atoms with Gasteiger partial charge in [-0.15, -0.1) is 0 Å². The SMILES string of the molecule is CC(Nc1ccc(C(=O)O)c(F)c1F)c1ccccc1Cl. The maximum Gasteiger partial charge on any atom is 0.338 e. The molecule has 0 saturated carbocycles. The van der Waals surface area contributed by atoms with Crippen LogP contribution in [0.3, 0.4) is 0 Å². The van der Waals surface area contributed by atoms with Crippen molar-refractivity contribution in [3.05, 3.63) is 64.2 Å². The molecule has 0 radical (unpaired) electrons. The lowest BCUT2D eigenvalue weighted by Crippen LogP contribution is -2.11. The largest absolute Gasteiger partial charge is 0.478 e. The molecule has 1 unspecified atom stereocenters. The maximum atomic E-state index is 13.9. The fourth-order valence-electron chi connectivity index (χ4n) is 1.96. The number of carboxylic acid groups (broad SMARTS) is 1. The molecule has 0 fully saturated rings. The van der Waals surface area contributed by atoms with E-state index in [0.717, 1.165) is 11.6 Å². The van der Waals surface area contributed by atoms with E-state index in [1.165, 1.54) is 6.07 Å². The first kappa shape index (κ1) is 15.3. The topological polar surface area (TPSA) is 49.3 Å². The van der Waals surface area contributed by atoms with Gasteiger partial charge in [-0.2, -0.15) is 0 Å². The first-order valence-electron chi connectivity index (χ1n) is 6.14. The molecule has 21 heavy (non-hydrogen) atoms. The van der Waals surface area contributed by atoms with Crippen LogP contribution in [0.25, 0.3) is 0 Å². The van der Waals surface area contributed by atoms with E-state index in [-0.39, 0.29) is 11.7 Å². The summed E-state index contributed by atoms with van der Waals surface area (Å²) >= 11 is 6.04. The summed E-state index contributed by atoms with van der Waals surface area (Å²) in [7, 11) is 0. The van der Waals surface area contributed by atoms with Gasteiger partial charge in [0.2, 0.25) is 0 Å². The third kappa shape index (κ3) is 3.13. The second-order valence-electron chi connectivity index (χ2n) is 4.48. The van der Waals surface area contributed by atoms with Crippen LogP contribution in [0.5, 0.6) is 0 Å². The Morgan fingerprint density at radius 2 is 1.86 bits per heavy atom. The van der Waals surface area contributed by atoms with E-state index in [2.05, 4.69) is 5.32 Å². The fraction of sp³-hybridized carbons (Fsp3) is 0.133. The molecule has 0 bridgehead atoms. The molecular weight excluding hydrogens is 300 g/mol. The molecule has 0 aromatic heterocycles. The molecule has 6 heteroatoms. The molecule has 2 aromatic rings. The summed E-state index contributed by atoms with van der Waals surface area (Å²) in [5, 5.41) is 12.0. The highest BCUT2D eigenvalue weighted by Gasteiger charge is 2.19. The molecule has 2 aromatic carbocycles. The van der Waals surface area contributed by atoms with Crippen molar-refractivity contribution in [3.63, 3.8) is 0 Å². The third-order valence-corrected chi connectivity index (χ3v) is 3.40. The van der Waals surface area contributed by atoms with E-state index in [9.17, 15) is 13.6 Å². The summed E-state index contributed by atoms with van der Waals surface area (Å²) in [4.78, 5) is 10.7. The Labute approximate surface area is 125 Å². The number of aromatic carboxylic acids is 1. The van der Waals surface area contributed by atoms with Gasteiger partial charge in [-0.25, -0.2) is 13.6 Å². The minimum absolute atomic E-state index is 0.120. The number of nitrogens with one attached hydrogen (secondary N) is 1. The van der Waals surface area contributed by atoms with Gasteiger partial charge < -0.3 is 10.4 Å². The lowest BCUT2D eigenvalue weighted by Gasteiger charge is -2.18. The maximum absolute atomic E-state index is 13.9. The minimum Gasteiger partial charge on any atom is -0.478 e. The van der Waals surface area contributed by atoms with E-state index >= 15 is 0 Å². The number of carboxylic acids is 1. The van der Waals surface area contributed by atoms with Crippen LogP contribution in [0.15, 0.2) is 36.4 Å². The molecule has 0 aliphatic carbocycles. The molecule has 1 atom stereocenters. The van der Waals surface area contributed by atoms with Gasteiger partial charge in [0.15, 0.2) is 11.6 Å². The number of hydrogen-bond donors (Lipinski definition) is 2. The van der Waals surface area contributed by atoms with Crippen molar-refractivity contribution in [2.24, 2.45) is 0 Å². The zero-order valence-corrected chi connectivity index (χ0v) is 11.8. The first-order valence-corrected chi connectivity index (χ1v) is 6.52. The molecular formula is C15H12ClF2NO2. The van der Waals surface area contributed by atoms with E-state index in [1.54, 1.807) is 31.2 Å². The molecule has 0 amide bonds. The number of carbonyl (C=O) groups is 1. The van der Waals surface area contributed by atoms with Gasteiger partial charge in [-0.1, -0.05) is 29.8 Å². The quantitative estimate of drug-likeness (QED) is 0.874. The Bertz CT molecular complexity index is 691. The van der Waals surface area contributed by atoms with Crippen molar-refractivity contribution in [2.45, 2.75) is 13.0 Å². The number of benzene rings is 2. The van der Waals surface area contributed by atoms with Crippen molar-refractivity contribution in [1.29, 1.82) is 0 Å². The van der Waals surface area contributed by atoms with Gasteiger partial charge >= 0.3 is 5.97 Å². The molecule has 0 aliphatic rings. The van der Waals surface area contributed by atoms with Crippen molar-refractivity contribution < 1.29 is 18.7 Å². The van der Waals surface area contributed by atoms with Crippen LogP contribution in [0.4, 0.5) is 14.5 Å². The highest BCUT2D eigenvalue weighted by atomic mass is 35.5. The lowest BCUT2D eigenvalue weighted by atomic mass is 10.1. The number of halogens is 3. The van der Waals surface area contributed by atoms with Gasteiger partial charge in [-0.3, -0.25) is 0 Å². The lowest BCUT2D eigenvalue weighted by molar-refractivity contribution is 0.0690. The molecule has 2 rings (SSSR count). The highest BCUT2D eigenvalue weighted by Crippen LogP contribution is 2.28. The molecule has 0 saturated heterocycles. The summed E-state index contributed by atoms with van der Waals surface area (Å²) in [5.41, 5.74) is -0.102. The molecule has 0 spiro atoms. The summed E-state index contributed by atoms with van der Waals surface area (Å²) < 4.78 is 27.5. The predicted octanol–water partition coefficient (Wildman–Crippen LogP) is 4.49. The van der Waals surface area contributed by atoms with Gasteiger partial charge in [-0.05, 0) is 30.7 Å². The Balaban J connectivity index is 2.30. The van der Waals surface area contributed by atoms with E-state index in [0.29, 0.717) is 5.02 Å². The average Bonchev–Trinajstić information content (AvgIpc) is 2.44. The van der Waals surface area contributed by atoms with Gasteiger partial charge in [0.1, 0.15) is 0 Å². The average molecular weight is 312 g/mol. The van der Waals surface area contributed by atoms with Crippen molar-refractivity contribution in [1.82, 2.24) is 0 Å². The van der Waals surface area contributed by atoms with E-state index < -0.39 is 23.2 Å². The Morgan fingerprint density at radius 3 is 2.48 bits per heavy atom. The smallest absolute Gasteiger partial charge is 0.338 e. The second kappa shape index (κ2) is 6.10. The van der Waals surface area contributed by atoms with Crippen LogP contribution in [0, 0.1) is 11.6 Å². The third-order valence-electron chi connectivity index (χ3n) is 3.06. The van der Waals surface area contributed by atoms with E-state index in [4.69, 9.17) is 16.7 Å². The predicted molar refractivity (Wildman–Crippen MR) is 76.8 cm³/mol. The van der Waals surface area contributed by atoms with Crippen LogP contribution in [-0.4, -0.2) is 11.1 Å². The normalized spacial score (nSPS) is 12.0. The van der Waals surface area contributed by atoms with Crippen molar-refractivity contribution in [3.8, 4) is 0 Å². The van der Waals surface area contributed by atoms with Crippen LogP contribution in [-0.2, 0) is 0 Å². The Hall–Kier alpha value is -2.14. The van der Waals surface area contributed by atoms with Crippen molar-refractivity contribution in [2.75, 3.05) is 5.32 Å². The van der Waals surface area contributed by atoms with Gasteiger partial charge in [0, 0.05) is 5.02 Å². The van der Waals surface area contributed by atoms with Gasteiger partial charge in [0.05, 0.1) is 17.3 Å². The molecule has 2 N–H and O–H groups in total. The molecule has 110 valence electrons. The van der Waals surface area contributed by atoms with Crippen LogP contribution in [0.1, 0.15) is 28.9 Å². The fourth-order valence-corrected chi connectivity index (χ4v) is 2.26. The standard InChI is InChI=1S/C15H12ClF2NO2/c1-8(9-4-2-3-5-11(9)16)19-12-7-6-10(15(20)21)13(17)14(12)18/h2-8,19H,1H3,(H,20,21). The summed E-state index contributed by atoms with van der Waals surface area (Å²) in [6.07, 6.45) is 0. The second-order valence-corrected chi connectivity index (χ2v) is 4.89. The Morgan fingerprint density at radius 1 is 1.19 bits per heavy atom. The van der Waals surface area contributed by atoms with Crippen LogP contribution < -0.4 is 5.32 Å². The van der Waals surface area contributed by atoms with E-state index in [1.807, 2.05) is 0 Å². The molecule has 3 nitrogen and oxygen atoms in total. The summed E-state index contributed by atoms with van der Waals surface area (Å²) in [5.74, 6) is -4.13. The molecule has 0 heterocycles. The first-order chi connectivity index (χ1) is 9.91. The summed E-state index contributed by atoms with van der Waals surface area (Å²) in [6.45, 7) is 1.74. The van der Waals surface area contributed by atoms with Crippen molar-refractivity contribution >= 4 is 23.3 Å². The highest BCUT2D eigenvalue weighted by molar-refractivity contribution is 6.31. The number of rotatable bonds is 4. The zero-order valence-electron chi connectivity index (χ0n) is 11.0. The van der Waals surface area contributed by atoms with Crippen LogP contribution in [0.2, 0.25) is 5.02 Å². The van der Waals surface area contributed by atoms with Crippen LogP contribution >= 0.6 is 11.6 Å². The number of hydrogen-bond acceptors (Lipinski definition) is 2. The summed E-state index contributed by atoms with van der Waals surface area (Å²) in [6, 6.07) is 8.84.